The van der Waals surface area contributed by atoms with Crippen LogP contribution in [0.3, 0.4) is 0 Å². The van der Waals surface area contributed by atoms with Crippen LogP contribution in [0.25, 0.3) is 66.8 Å². The van der Waals surface area contributed by atoms with Crippen molar-refractivity contribution in [3.05, 3.63) is 205 Å². The standard InChI is InChI=1S/C30H28N6O2.C26H21N5O/c1-20(2)34-30(37)38-19-21-15-23(17-31-16-21)28-35-26-13-8-12-25(22-9-4-3-5-10-22)27(26)29(36-28)33-18-24-11-6-7-14-32-24;32-17-18-13-20(15-27-14-18)25-30-23-11-6-10-22(19-7-2-1-3-8-19)24(23)26(31-25)29-16-21-9-4-5-12-28-21/h3-17,20H,18-19H2,1-2H3,(H,34,37)(H,33,35,36);1-15,32H,16-17H2,(H,29,30,31). The number of benzene rings is 4. The average Bonchev–Trinajstić information content (AvgIpc) is 3.41. The van der Waals surface area contributed by atoms with Gasteiger partial charge in [0.05, 0.1) is 52.9 Å². The van der Waals surface area contributed by atoms with Crippen molar-refractivity contribution in [1.29, 1.82) is 0 Å². The lowest BCUT2D eigenvalue weighted by molar-refractivity contribution is 0.137. The molecule has 4 N–H and O–H groups in total. The average molecular weight is 924 g/mol. The number of nitrogens with one attached hydrogen (secondary N) is 3. The van der Waals surface area contributed by atoms with Gasteiger partial charge in [-0.2, -0.15) is 0 Å². The number of aliphatic hydroxyl groups excluding tert-OH is 1. The van der Waals surface area contributed by atoms with E-state index >= 15 is 0 Å². The van der Waals surface area contributed by atoms with E-state index in [0.717, 1.165) is 78.0 Å². The lowest BCUT2D eigenvalue weighted by Gasteiger charge is -2.15. The normalized spacial score (nSPS) is 10.9. The molecule has 6 aromatic heterocycles. The summed E-state index contributed by atoms with van der Waals surface area (Å²) in [5.74, 6) is 2.50. The van der Waals surface area contributed by atoms with E-state index in [1.807, 2.05) is 123 Å². The van der Waals surface area contributed by atoms with Crippen molar-refractivity contribution in [3.8, 4) is 45.0 Å². The van der Waals surface area contributed by atoms with E-state index in [9.17, 15) is 9.90 Å². The second-order valence-electron chi connectivity index (χ2n) is 16.5. The molecule has 0 bridgehead atoms. The summed E-state index contributed by atoms with van der Waals surface area (Å²) in [4.78, 5) is 48.9. The van der Waals surface area contributed by atoms with Crippen LogP contribution in [0, 0.1) is 0 Å². The van der Waals surface area contributed by atoms with Crippen molar-refractivity contribution in [2.75, 3.05) is 10.6 Å². The molecule has 10 rings (SSSR count). The minimum Gasteiger partial charge on any atom is -0.445 e. The molecule has 0 aliphatic carbocycles. The van der Waals surface area contributed by atoms with Crippen LogP contribution in [-0.2, 0) is 31.0 Å². The number of alkyl carbamates (subject to hydrolysis) is 1. The Morgan fingerprint density at radius 3 is 1.50 bits per heavy atom. The van der Waals surface area contributed by atoms with Crippen molar-refractivity contribution >= 4 is 39.5 Å². The number of hydrogen-bond donors (Lipinski definition) is 4. The smallest absolute Gasteiger partial charge is 0.407 e. The maximum atomic E-state index is 11.9. The summed E-state index contributed by atoms with van der Waals surface area (Å²) in [6, 6.07) is 48.0. The molecular formula is C56H49N11O3. The Hall–Kier alpha value is -9.01. The molecule has 0 unspecified atom stereocenters. The number of ether oxygens (including phenoxy) is 1. The number of amides is 1. The largest absolute Gasteiger partial charge is 0.445 e. The number of anilines is 2. The monoisotopic (exact) mass is 923 g/mol. The van der Waals surface area contributed by atoms with Gasteiger partial charge in [0.15, 0.2) is 11.6 Å². The Bertz CT molecular complexity index is 3350. The maximum Gasteiger partial charge on any atom is 0.407 e. The lowest BCUT2D eigenvalue weighted by atomic mass is 10.0. The number of rotatable bonds is 14. The minimum atomic E-state index is -0.471. The molecule has 6 heterocycles. The first-order valence-electron chi connectivity index (χ1n) is 22.8. The van der Waals surface area contributed by atoms with E-state index in [2.05, 4.69) is 72.3 Å². The summed E-state index contributed by atoms with van der Waals surface area (Å²) in [6.45, 7) is 4.80. The van der Waals surface area contributed by atoms with Crippen molar-refractivity contribution in [1.82, 2.24) is 45.2 Å². The summed E-state index contributed by atoms with van der Waals surface area (Å²) >= 11 is 0. The van der Waals surface area contributed by atoms with Gasteiger partial charge in [0.25, 0.3) is 0 Å². The van der Waals surface area contributed by atoms with Gasteiger partial charge in [-0.15, -0.1) is 0 Å². The zero-order valence-corrected chi connectivity index (χ0v) is 38.6. The Balaban J connectivity index is 0.000000176. The second-order valence-corrected chi connectivity index (χ2v) is 16.5. The number of aliphatic hydroxyl groups is 1. The molecule has 4 aromatic carbocycles. The van der Waals surface area contributed by atoms with Crippen LogP contribution in [0.1, 0.15) is 36.4 Å². The number of carbonyl (C=O) groups is 1. The predicted molar refractivity (Wildman–Crippen MR) is 274 cm³/mol. The SMILES string of the molecule is CC(C)NC(=O)OCc1cncc(-c2nc(NCc3ccccn3)c3c(-c4ccccc4)cccc3n2)c1.OCc1cncc(-c2nc(NCc3ccccn3)c3c(-c4ccccc4)cccc3n2)c1. The van der Waals surface area contributed by atoms with E-state index in [1.165, 1.54) is 0 Å². The van der Waals surface area contributed by atoms with Crippen molar-refractivity contribution in [3.63, 3.8) is 0 Å². The molecule has 0 aliphatic rings. The molecule has 14 nitrogen and oxygen atoms in total. The first-order chi connectivity index (χ1) is 34.4. The van der Waals surface area contributed by atoms with Crippen molar-refractivity contribution < 1.29 is 14.6 Å². The lowest BCUT2D eigenvalue weighted by Crippen LogP contribution is -2.30. The van der Waals surface area contributed by atoms with Crippen LogP contribution in [0.2, 0.25) is 0 Å². The summed E-state index contributed by atoms with van der Waals surface area (Å²) in [6.07, 6.45) is 9.81. The molecular weight excluding hydrogens is 875 g/mol. The first kappa shape index (κ1) is 46.1. The first-order valence-corrected chi connectivity index (χ1v) is 22.8. The molecule has 0 fully saturated rings. The van der Waals surface area contributed by atoms with Crippen LogP contribution in [0.5, 0.6) is 0 Å². The van der Waals surface area contributed by atoms with Gasteiger partial charge < -0.3 is 25.8 Å². The number of carbonyl (C=O) groups excluding carboxylic acids is 1. The number of aromatic nitrogens is 8. The molecule has 70 heavy (non-hydrogen) atoms. The fraction of sp³-hybridized carbons (Fsp3) is 0.125. The molecule has 346 valence electrons. The highest BCUT2D eigenvalue weighted by Crippen LogP contribution is 2.36. The van der Waals surface area contributed by atoms with Gasteiger partial charge in [-0.3, -0.25) is 19.9 Å². The molecule has 0 atom stereocenters. The highest BCUT2D eigenvalue weighted by Gasteiger charge is 2.17. The van der Waals surface area contributed by atoms with E-state index in [4.69, 9.17) is 24.7 Å². The van der Waals surface area contributed by atoms with Gasteiger partial charge in [-0.1, -0.05) is 97.1 Å². The minimum absolute atomic E-state index is 0.00394. The van der Waals surface area contributed by atoms with Crippen molar-refractivity contribution in [2.24, 2.45) is 0 Å². The number of nitrogens with zero attached hydrogens (tertiary/aromatic N) is 8. The Morgan fingerprint density at radius 2 is 1.03 bits per heavy atom. The van der Waals surface area contributed by atoms with Gasteiger partial charge in [0.1, 0.15) is 18.2 Å². The zero-order valence-electron chi connectivity index (χ0n) is 38.6. The van der Waals surface area contributed by atoms with Gasteiger partial charge in [-0.05, 0) is 90.2 Å². The number of pyridine rings is 4. The molecule has 10 aromatic rings. The predicted octanol–water partition coefficient (Wildman–Crippen LogP) is 10.9. The zero-order chi connectivity index (χ0) is 48.1. The van der Waals surface area contributed by atoms with Gasteiger partial charge >= 0.3 is 6.09 Å². The molecule has 1 amide bonds. The van der Waals surface area contributed by atoms with E-state index in [-0.39, 0.29) is 19.3 Å². The summed E-state index contributed by atoms with van der Waals surface area (Å²) in [5.41, 5.74) is 10.7. The van der Waals surface area contributed by atoms with E-state index < -0.39 is 6.09 Å². The topological polar surface area (TPSA) is 186 Å². The molecule has 0 saturated heterocycles. The number of hydrogen-bond acceptors (Lipinski definition) is 13. The van der Waals surface area contributed by atoms with Crippen LogP contribution < -0.4 is 16.0 Å². The van der Waals surface area contributed by atoms with Crippen LogP contribution >= 0.6 is 0 Å². The third-order valence-corrected chi connectivity index (χ3v) is 11.0. The highest BCUT2D eigenvalue weighted by molar-refractivity contribution is 6.03. The third kappa shape index (κ3) is 11.4. The molecule has 0 radical (unpaired) electrons. The summed E-state index contributed by atoms with van der Waals surface area (Å²) in [7, 11) is 0. The van der Waals surface area contributed by atoms with Crippen LogP contribution in [-0.4, -0.2) is 57.1 Å². The third-order valence-electron chi connectivity index (χ3n) is 11.0. The maximum absolute atomic E-state index is 11.9. The van der Waals surface area contributed by atoms with Gasteiger partial charge in [-0.25, -0.2) is 24.7 Å². The molecule has 14 heteroatoms. The van der Waals surface area contributed by atoms with E-state index in [1.54, 1.807) is 37.2 Å². The summed E-state index contributed by atoms with van der Waals surface area (Å²) < 4.78 is 5.33. The molecule has 0 spiro atoms. The Morgan fingerprint density at radius 1 is 0.543 bits per heavy atom. The Kier molecular flexibility index (Phi) is 14.6. The second kappa shape index (κ2) is 22.2. The molecule has 0 saturated carbocycles. The fourth-order valence-corrected chi connectivity index (χ4v) is 7.76. The van der Waals surface area contributed by atoms with Crippen LogP contribution in [0.4, 0.5) is 16.4 Å². The summed E-state index contributed by atoms with van der Waals surface area (Å²) in [5, 5.41) is 21.1. The quantitative estimate of drug-likeness (QED) is 0.0808. The van der Waals surface area contributed by atoms with Crippen molar-refractivity contribution in [2.45, 2.75) is 46.2 Å². The molecule has 0 aliphatic heterocycles. The van der Waals surface area contributed by atoms with E-state index in [0.29, 0.717) is 36.1 Å². The highest BCUT2D eigenvalue weighted by atomic mass is 16.5. The fourth-order valence-electron chi connectivity index (χ4n) is 7.76. The number of fused-ring (bicyclic) bond motifs is 2. The van der Waals surface area contributed by atoms with Gasteiger partial charge in [0, 0.05) is 59.9 Å². The Labute approximate surface area is 405 Å². The van der Waals surface area contributed by atoms with Crippen LogP contribution in [0.15, 0.2) is 183 Å². The van der Waals surface area contributed by atoms with Gasteiger partial charge in [0.2, 0.25) is 0 Å².